The van der Waals surface area contributed by atoms with Crippen molar-refractivity contribution in [3.63, 3.8) is 0 Å². The van der Waals surface area contributed by atoms with E-state index in [4.69, 9.17) is 9.94 Å². The van der Waals surface area contributed by atoms with Crippen LogP contribution in [0.25, 0.3) is 0 Å². The highest BCUT2D eigenvalue weighted by Gasteiger charge is 2.37. The molecular formula is C15H20N2O2. The maximum absolute atomic E-state index is 9.10. The van der Waals surface area contributed by atoms with Crippen LogP contribution in [0.15, 0.2) is 35.5 Å². The highest BCUT2D eigenvalue weighted by molar-refractivity contribution is 5.90. The van der Waals surface area contributed by atoms with Crippen LogP contribution in [0.1, 0.15) is 5.56 Å². The van der Waals surface area contributed by atoms with Gasteiger partial charge in [0.1, 0.15) is 0 Å². The van der Waals surface area contributed by atoms with Crippen LogP contribution in [-0.2, 0) is 11.2 Å². The zero-order valence-electron chi connectivity index (χ0n) is 11.0. The van der Waals surface area contributed by atoms with Crippen LogP contribution in [-0.4, -0.2) is 48.7 Å². The lowest BCUT2D eigenvalue weighted by molar-refractivity contribution is 0.0248. The molecule has 2 unspecified atom stereocenters. The van der Waals surface area contributed by atoms with E-state index in [1.54, 1.807) is 0 Å². The lowest BCUT2D eigenvalue weighted by Crippen LogP contribution is -2.53. The third-order valence-electron chi connectivity index (χ3n) is 4.11. The zero-order valence-corrected chi connectivity index (χ0v) is 11.0. The van der Waals surface area contributed by atoms with Crippen molar-refractivity contribution in [1.82, 2.24) is 4.90 Å². The summed E-state index contributed by atoms with van der Waals surface area (Å²) < 4.78 is 5.56. The lowest BCUT2D eigenvalue weighted by Gasteiger charge is -2.41. The number of hydrogen-bond donors (Lipinski definition) is 1. The Labute approximate surface area is 113 Å². The minimum absolute atomic E-state index is 0.272. The Hall–Kier alpha value is -1.39. The van der Waals surface area contributed by atoms with E-state index in [1.165, 1.54) is 5.56 Å². The van der Waals surface area contributed by atoms with Gasteiger partial charge in [-0.1, -0.05) is 35.5 Å². The van der Waals surface area contributed by atoms with E-state index in [0.717, 1.165) is 31.8 Å². The predicted octanol–water partition coefficient (Wildman–Crippen LogP) is 1.64. The smallest absolute Gasteiger partial charge is 0.0704 e. The standard InChI is InChI=1S/C15H20N2O2/c18-16-15-13-8-17(9-14(15)11-19-10-13)7-6-12-4-2-1-3-5-12/h1-5,13-14,18H,6-11H2. The van der Waals surface area contributed by atoms with Crippen molar-refractivity contribution in [2.75, 3.05) is 32.8 Å². The SMILES string of the molecule is ON=C1C2COCC1CN(CCc1ccccc1)C2. The summed E-state index contributed by atoms with van der Waals surface area (Å²) in [5.74, 6) is 0.543. The second-order valence-corrected chi connectivity index (χ2v) is 5.45. The maximum Gasteiger partial charge on any atom is 0.0704 e. The molecule has 2 aliphatic rings. The van der Waals surface area contributed by atoms with Gasteiger partial charge in [0.15, 0.2) is 0 Å². The summed E-state index contributed by atoms with van der Waals surface area (Å²) in [5, 5.41) is 12.6. The van der Waals surface area contributed by atoms with E-state index in [1.807, 2.05) is 0 Å². The molecule has 1 aromatic carbocycles. The first-order valence-electron chi connectivity index (χ1n) is 6.92. The Morgan fingerprint density at radius 1 is 1.16 bits per heavy atom. The van der Waals surface area contributed by atoms with E-state index in [2.05, 4.69) is 40.4 Å². The summed E-state index contributed by atoms with van der Waals surface area (Å²) in [6.07, 6.45) is 1.08. The quantitative estimate of drug-likeness (QED) is 0.664. The Morgan fingerprint density at radius 3 is 2.47 bits per heavy atom. The lowest BCUT2D eigenvalue weighted by atomic mass is 9.85. The summed E-state index contributed by atoms with van der Waals surface area (Å²) in [6.45, 7) is 4.34. The van der Waals surface area contributed by atoms with Crippen LogP contribution in [0, 0.1) is 11.8 Å². The van der Waals surface area contributed by atoms with Crippen LogP contribution in [0.3, 0.4) is 0 Å². The Kier molecular flexibility index (Phi) is 3.80. The Bertz CT molecular complexity index is 431. The van der Waals surface area contributed by atoms with E-state index < -0.39 is 0 Å². The molecule has 2 saturated heterocycles. The van der Waals surface area contributed by atoms with Crippen LogP contribution >= 0.6 is 0 Å². The van der Waals surface area contributed by atoms with Crippen LogP contribution < -0.4 is 0 Å². The number of benzene rings is 1. The van der Waals surface area contributed by atoms with Crippen molar-refractivity contribution in [3.8, 4) is 0 Å². The van der Waals surface area contributed by atoms with E-state index in [0.29, 0.717) is 13.2 Å². The summed E-state index contributed by atoms with van der Waals surface area (Å²) >= 11 is 0. The van der Waals surface area contributed by atoms with Crippen molar-refractivity contribution in [3.05, 3.63) is 35.9 Å². The van der Waals surface area contributed by atoms with Gasteiger partial charge >= 0.3 is 0 Å². The van der Waals surface area contributed by atoms with Gasteiger partial charge in [-0.15, -0.1) is 0 Å². The van der Waals surface area contributed by atoms with Crippen molar-refractivity contribution in [1.29, 1.82) is 0 Å². The molecule has 0 aliphatic carbocycles. The number of rotatable bonds is 3. The number of oxime groups is 1. The summed E-state index contributed by atoms with van der Waals surface area (Å²) in [6, 6.07) is 10.6. The highest BCUT2D eigenvalue weighted by Crippen LogP contribution is 2.25. The van der Waals surface area contributed by atoms with E-state index in [9.17, 15) is 0 Å². The molecule has 0 spiro atoms. The molecule has 2 aliphatic heterocycles. The summed E-state index contributed by atoms with van der Waals surface area (Å²) in [4.78, 5) is 2.47. The molecule has 19 heavy (non-hydrogen) atoms. The zero-order chi connectivity index (χ0) is 13.1. The van der Waals surface area contributed by atoms with Crippen molar-refractivity contribution >= 4 is 5.71 Å². The molecule has 0 saturated carbocycles. The number of likely N-dealkylation sites (tertiary alicyclic amines) is 1. The topological polar surface area (TPSA) is 45.1 Å². The summed E-state index contributed by atoms with van der Waals surface area (Å²) in [5.41, 5.74) is 2.33. The molecule has 2 atom stereocenters. The van der Waals surface area contributed by atoms with Gasteiger partial charge in [-0.25, -0.2) is 0 Å². The van der Waals surface area contributed by atoms with E-state index in [-0.39, 0.29) is 11.8 Å². The fourth-order valence-electron chi connectivity index (χ4n) is 3.12. The molecule has 4 nitrogen and oxygen atoms in total. The van der Waals surface area contributed by atoms with Gasteiger partial charge in [0.2, 0.25) is 0 Å². The molecular weight excluding hydrogens is 240 g/mol. The molecule has 1 N–H and O–H groups in total. The second kappa shape index (κ2) is 5.72. The van der Waals surface area contributed by atoms with E-state index >= 15 is 0 Å². The molecule has 3 rings (SSSR count). The molecule has 0 amide bonds. The first-order valence-corrected chi connectivity index (χ1v) is 6.92. The van der Waals surface area contributed by atoms with Gasteiger partial charge in [0.25, 0.3) is 0 Å². The molecule has 102 valence electrons. The normalized spacial score (nSPS) is 27.3. The molecule has 0 aromatic heterocycles. The van der Waals surface area contributed by atoms with Crippen molar-refractivity contribution < 1.29 is 9.94 Å². The van der Waals surface area contributed by atoms with Gasteiger partial charge in [-0.3, -0.25) is 0 Å². The molecule has 4 heteroatoms. The highest BCUT2D eigenvalue weighted by atomic mass is 16.5. The predicted molar refractivity (Wildman–Crippen MR) is 73.6 cm³/mol. The number of fused-ring (bicyclic) bond motifs is 2. The largest absolute Gasteiger partial charge is 0.411 e. The van der Waals surface area contributed by atoms with Crippen molar-refractivity contribution in [2.45, 2.75) is 6.42 Å². The minimum atomic E-state index is 0.272. The third kappa shape index (κ3) is 2.80. The molecule has 2 heterocycles. The average Bonchev–Trinajstić information content (AvgIpc) is 2.45. The molecule has 1 aromatic rings. The maximum atomic E-state index is 9.10. The third-order valence-corrected chi connectivity index (χ3v) is 4.11. The fraction of sp³-hybridized carbons (Fsp3) is 0.533. The number of nitrogens with zero attached hydrogens (tertiary/aromatic N) is 2. The molecule has 0 radical (unpaired) electrons. The summed E-state index contributed by atoms with van der Waals surface area (Å²) in [7, 11) is 0. The fourth-order valence-corrected chi connectivity index (χ4v) is 3.12. The number of piperidine rings is 1. The first kappa shape index (κ1) is 12.6. The minimum Gasteiger partial charge on any atom is -0.411 e. The van der Waals surface area contributed by atoms with Gasteiger partial charge in [0.05, 0.1) is 18.9 Å². The Morgan fingerprint density at radius 2 is 1.84 bits per heavy atom. The van der Waals surface area contributed by atoms with Crippen molar-refractivity contribution in [2.24, 2.45) is 17.0 Å². The van der Waals surface area contributed by atoms with Gasteiger partial charge in [-0.05, 0) is 12.0 Å². The van der Waals surface area contributed by atoms with Crippen LogP contribution in [0.5, 0.6) is 0 Å². The van der Waals surface area contributed by atoms with Gasteiger partial charge in [-0.2, -0.15) is 0 Å². The molecule has 2 fully saturated rings. The van der Waals surface area contributed by atoms with Gasteiger partial charge in [0, 0.05) is 31.5 Å². The van der Waals surface area contributed by atoms with Crippen LogP contribution in [0.2, 0.25) is 0 Å². The monoisotopic (exact) mass is 260 g/mol. The van der Waals surface area contributed by atoms with Gasteiger partial charge < -0.3 is 14.8 Å². The second-order valence-electron chi connectivity index (χ2n) is 5.45. The average molecular weight is 260 g/mol. The Balaban J connectivity index is 1.59. The van der Waals surface area contributed by atoms with Crippen LogP contribution in [0.4, 0.5) is 0 Å². The first-order chi connectivity index (χ1) is 9.36. The number of hydrogen-bond acceptors (Lipinski definition) is 4. The molecule has 2 bridgehead atoms. The number of ether oxygens (including phenoxy) is 1.